The van der Waals surface area contributed by atoms with Gasteiger partial charge in [0.25, 0.3) is 5.91 Å². The van der Waals surface area contributed by atoms with Crippen LogP contribution in [0.5, 0.6) is 5.75 Å². The molecule has 0 saturated heterocycles. The van der Waals surface area contributed by atoms with Gasteiger partial charge in [0, 0.05) is 7.11 Å². The van der Waals surface area contributed by atoms with Crippen LogP contribution < -0.4 is 10.1 Å². The normalized spacial score (nSPS) is 23.3. The van der Waals surface area contributed by atoms with Crippen molar-refractivity contribution in [1.82, 2.24) is 0 Å². The van der Waals surface area contributed by atoms with Gasteiger partial charge in [0.15, 0.2) is 0 Å². The topological polar surface area (TPSA) is 71.3 Å². The van der Waals surface area contributed by atoms with Crippen LogP contribution in [-0.4, -0.2) is 25.2 Å². The Morgan fingerprint density at radius 2 is 2.29 bits per heavy atom. The SMILES string of the molecule is CCCOc1ccc(NC(=O)[C@@]2(OC)CCC[C@H](C)C2)c(C#N)c1. The number of anilines is 1. The summed E-state index contributed by atoms with van der Waals surface area (Å²) < 4.78 is 11.2. The molecule has 1 aliphatic carbocycles. The number of ether oxygens (including phenoxy) is 2. The van der Waals surface area contributed by atoms with Gasteiger partial charge in [0.05, 0.1) is 17.9 Å². The molecule has 2 atom stereocenters. The Morgan fingerprint density at radius 1 is 1.50 bits per heavy atom. The quantitative estimate of drug-likeness (QED) is 0.859. The molecule has 1 saturated carbocycles. The molecule has 0 spiro atoms. The van der Waals surface area contributed by atoms with Gasteiger partial charge >= 0.3 is 0 Å². The van der Waals surface area contributed by atoms with Crippen molar-refractivity contribution in [3.05, 3.63) is 23.8 Å². The molecule has 0 heterocycles. The highest BCUT2D eigenvalue weighted by molar-refractivity contribution is 5.98. The highest BCUT2D eigenvalue weighted by Gasteiger charge is 2.42. The molecule has 1 aliphatic rings. The molecule has 24 heavy (non-hydrogen) atoms. The minimum Gasteiger partial charge on any atom is -0.494 e. The maximum atomic E-state index is 12.8. The maximum Gasteiger partial charge on any atom is 0.256 e. The van der Waals surface area contributed by atoms with Gasteiger partial charge in [0.1, 0.15) is 17.4 Å². The number of nitriles is 1. The lowest BCUT2D eigenvalue weighted by Crippen LogP contribution is -2.48. The zero-order chi connectivity index (χ0) is 17.6. The third kappa shape index (κ3) is 4.07. The molecule has 130 valence electrons. The van der Waals surface area contributed by atoms with Crippen molar-refractivity contribution in [3.63, 3.8) is 0 Å². The van der Waals surface area contributed by atoms with Gasteiger partial charge in [-0.05, 0) is 49.8 Å². The van der Waals surface area contributed by atoms with E-state index >= 15 is 0 Å². The Hall–Kier alpha value is -2.06. The standard InChI is InChI=1S/C19H26N2O3/c1-4-10-24-16-7-8-17(15(11-16)13-20)21-18(22)19(23-3)9-5-6-14(2)12-19/h7-8,11,14H,4-6,9-10,12H2,1-3H3,(H,21,22)/t14-,19+/m0/s1. The first-order chi connectivity index (χ1) is 11.5. The fourth-order valence-corrected chi connectivity index (χ4v) is 3.26. The average Bonchev–Trinajstić information content (AvgIpc) is 2.60. The molecular formula is C19H26N2O3. The highest BCUT2D eigenvalue weighted by atomic mass is 16.5. The summed E-state index contributed by atoms with van der Waals surface area (Å²) in [4.78, 5) is 12.8. The van der Waals surface area contributed by atoms with Gasteiger partial charge < -0.3 is 14.8 Å². The van der Waals surface area contributed by atoms with Crippen molar-refractivity contribution in [1.29, 1.82) is 5.26 Å². The second kappa shape index (κ2) is 8.16. The van der Waals surface area contributed by atoms with E-state index in [1.54, 1.807) is 25.3 Å². The molecule has 0 aromatic heterocycles. The van der Waals surface area contributed by atoms with Gasteiger partial charge in [0.2, 0.25) is 0 Å². The van der Waals surface area contributed by atoms with E-state index in [2.05, 4.69) is 18.3 Å². The molecule has 1 amide bonds. The molecule has 0 unspecified atom stereocenters. The zero-order valence-electron chi connectivity index (χ0n) is 14.7. The predicted octanol–water partition coefficient (Wildman–Crippen LogP) is 3.88. The van der Waals surface area contributed by atoms with Crippen molar-refractivity contribution in [3.8, 4) is 11.8 Å². The first kappa shape index (κ1) is 18.3. The number of benzene rings is 1. The zero-order valence-corrected chi connectivity index (χ0v) is 14.7. The van der Waals surface area contributed by atoms with Crippen LogP contribution in [0.1, 0.15) is 51.5 Å². The Labute approximate surface area is 144 Å². The smallest absolute Gasteiger partial charge is 0.256 e. The summed E-state index contributed by atoms with van der Waals surface area (Å²) in [5, 5.41) is 12.3. The van der Waals surface area contributed by atoms with Crippen molar-refractivity contribution in [2.45, 2.75) is 51.6 Å². The lowest BCUT2D eigenvalue weighted by Gasteiger charge is -2.37. The summed E-state index contributed by atoms with van der Waals surface area (Å²) in [5.41, 5.74) is 0.0926. The molecule has 1 aromatic carbocycles. The number of amides is 1. The molecule has 0 aliphatic heterocycles. The van der Waals surface area contributed by atoms with Crippen molar-refractivity contribution < 1.29 is 14.3 Å². The Morgan fingerprint density at radius 3 is 2.92 bits per heavy atom. The van der Waals surface area contributed by atoms with Crippen LogP contribution in [0, 0.1) is 17.2 Å². The summed E-state index contributed by atoms with van der Waals surface area (Å²) in [5.74, 6) is 0.916. The molecule has 0 bridgehead atoms. The Balaban J connectivity index is 2.17. The highest BCUT2D eigenvalue weighted by Crippen LogP contribution is 2.36. The van der Waals surface area contributed by atoms with Crippen LogP contribution >= 0.6 is 0 Å². The van der Waals surface area contributed by atoms with E-state index in [4.69, 9.17) is 9.47 Å². The van der Waals surface area contributed by atoms with Crippen molar-refractivity contribution in [2.24, 2.45) is 5.92 Å². The third-order valence-electron chi connectivity index (χ3n) is 4.59. The van der Waals surface area contributed by atoms with E-state index in [-0.39, 0.29) is 5.91 Å². The third-order valence-corrected chi connectivity index (χ3v) is 4.59. The average molecular weight is 330 g/mol. The number of carbonyl (C=O) groups excluding carboxylic acids is 1. The number of carbonyl (C=O) groups is 1. The van der Waals surface area contributed by atoms with E-state index in [1.807, 2.05) is 6.92 Å². The lowest BCUT2D eigenvalue weighted by atomic mass is 9.78. The monoisotopic (exact) mass is 330 g/mol. The van der Waals surface area contributed by atoms with E-state index in [9.17, 15) is 10.1 Å². The molecule has 1 aromatic rings. The molecular weight excluding hydrogens is 304 g/mol. The molecule has 1 N–H and O–H groups in total. The van der Waals surface area contributed by atoms with Crippen LogP contribution in [-0.2, 0) is 9.53 Å². The van der Waals surface area contributed by atoms with E-state index < -0.39 is 5.60 Å². The minimum atomic E-state index is -0.804. The van der Waals surface area contributed by atoms with Gasteiger partial charge in [-0.3, -0.25) is 4.79 Å². The van der Waals surface area contributed by atoms with Crippen LogP contribution in [0.25, 0.3) is 0 Å². The van der Waals surface area contributed by atoms with Crippen LogP contribution in [0.2, 0.25) is 0 Å². The number of methoxy groups -OCH3 is 1. The predicted molar refractivity (Wildman–Crippen MR) is 92.9 cm³/mol. The summed E-state index contributed by atoms with van der Waals surface area (Å²) >= 11 is 0. The van der Waals surface area contributed by atoms with Crippen molar-refractivity contribution in [2.75, 3.05) is 19.0 Å². The molecule has 1 fully saturated rings. The van der Waals surface area contributed by atoms with Crippen LogP contribution in [0.15, 0.2) is 18.2 Å². The number of hydrogen-bond donors (Lipinski definition) is 1. The first-order valence-electron chi connectivity index (χ1n) is 8.58. The Kier molecular flexibility index (Phi) is 6.22. The second-order valence-electron chi connectivity index (χ2n) is 6.52. The number of hydrogen-bond acceptors (Lipinski definition) is 4. The number of nitrogens with one attached hydrogen (secondary N) is 1. The van der Waals surface area contributed by atoms with Gasteiger partial charge in [-0.25, -0.2) is 0 Å². The van der Waals surface area contributed by atoms with E-state index in [0.29, 0.717) is 42.4 Å². The number of rotatable bonds is 6. The lowest BCUT2D eigenvalue weighted by molar-refractivity contribution is -0.143. The largest absolute Gasteiger partial charge is 0.494 e. The molecule has 5 nitrogen and oxygen atoms in total. The van der Waals surface area contributed by atoms with Gasteiger partial charge in [-0.1, -0.05) is 20.3 Å². The number of nitrogens with zero attached hydrogens (tertiary/aromatic N) is 1. The first-order valence-corrected chi connectivity index (χ1v) is 8.58. The summed E-state index contributed by atoms with van der Waals surface area (Å²) in [6.45, 7) is 4.76. The summed E-state index contributed by atoms with van der Waals surface area (Å²) in [6, 6.07) is 7.28. The second-order valence-corrected chi connectivity index (χ2v) is 6.52. The van der Waals surface area contributed by atoms with E-state index in [0.717, 1.165) is 19.3 Å². The molecule has 5 heteroatoms. The van der Waals surface area contributed by atoms with Crippen molar-refractivity contribution >= 4 is 11.6 Å². The van der Waals surface area contributed by atoms with Gasteiger partial charge in [-0.15, -0.1) is 0 Å². The van der Waals surface area contributed by atoms with Gasteiger partial charge in [-0.2, -0.15) is 5.26 Å². The summed E-state index contributed by atoms with van der Waals surface area (Å²) in [6.07, 6.45) is 4.39. The minimum absolute atomic E-state index is 0.171. The van der Waals surface area contributed by atoms with E-state index in [1.165, 1.54) is 0 Å². The maximum absolute atomic E-state index is 12.8. The summed E-state index contributed by atoms with van der Waals surface area (Å²) in [7, 11) is 1.59. The molecule has 0 radical (unpaired) electrons. The Bertz CT molecular complexity index is 624. The molecule has 2 rings (SSSR count). The van der Waals surface area contributed by atoms with Crippen LogP contribution in [0.3, 0.4) is 0 Å². The fourth-order valence-electron chi connectivity index (χ4n) is 3.26. The van der Waals surface area contributed by atoms with Crippen LogP contribution in [0.4, 0.5) is 5.69 Å². The fraction of sp³-hybridized carbons (Fsp3) is 0.579.